The molecular weight excluding hydrogens is 192 g/mol. The van der Waals surface area contributed by atoms with Gasteiger partial charge in [0.25, 0.3) is 4.84 Å². The van der Waals surface area contributed by atoms with Crippen LogP contribution in [0.15, 0.2) is 16.7 Å². The summed E-state index contributed by atoms with van der Waals surface area (Å²) in [5, 5.41) is 8.77. The average molecular weight is 196 g/mol. The molecule has 0 bridgehead atoms. The Morgan fingerprint density at radius 2 is 2.46 bits per heavy atom. The fourth-order valence-electron chi connectivity index (χ4n) is 1.03. The molecule has 13 heavy (non-hydrogen) atoms. The van der Waals surface area contributed by atoms with Crippen LogP contribution in [-0.2, 0) is 0 Å². The molecule has 0 spiro atoms. The van der Waals surface area contributed by atoms with Crippen LogP contribution in [0.1, 0.15) is 10.4 Å². The summed E-state index contributed by atoms with van der Waals surface area (Å²) < 4.78 is 4.94. The molecule has 0 amide bonds. The number of pyridine rings is 1. The van der Waals surface area contributed by atoms with Gasteiger partial charge in [-0.15, -0.1) is 0 Å². The predicted molar refractivity (Wildman–Crippen MR) is 46.2 cm³/mol. The van der Waals surface area contributed by atoms with Gasteiger partial charge in [0.15, 0.2) is 0 Å². The Bertz CT molecular complexity index is 528. The highest BCUT2D eigenvalue weighted by Crippen LogP contribution is 2.14. The molecule has 66 valence electrons. The molecule has 0 aromatic carbocycles. The Labute approximate surface area is 77.0 Å². The molecule has 6 heteroatoms. The molecule has 2 aromatic rings. The number of carboxylic acids is 1. The van der Waals surface area contributed by atoms with E-state index in [0.717, 1.165) is 0 Å². The van der Waals surface area contributed by atoms with Crippen LogP contribution in [0.25, 0.3) is 11.2 Å². The lowest BCUT2D eigenvalue weighted by Gasteiger charge is -1.92. The van der Waals surface area contributed by atoms with Crippen LogP contribution in [0.5, 0.6) is 0 Å². The first-order valence-corrected chi connectivity index (χ1v) is 3.80. The van der Waals surface area contributed by atoms with E-state index in [-0.39, 0.29) is 16.1 Å². The zero-order chi connectivity index (χ0) is 9.42. The third-order valence-electron chi connectivity index (χ3n) is 1.56. The van der Waals surface area contributed by atoms with E-state index in [9.17, 15) is 4.79 Å². The topological polar surface area (TPSA) is 79.1 Å². The van der Waals surface area contributed by atoms with Crippen molar-refractivity contribution in [3.63, 3.8) is 0 Å². The van der Waals surface area contributed by atoms with E-state index in [1.807, 2.05) is 0 Å². The number of hydrogen-bond acceptors (Lipinski definition) is 4. The quantitative estimate of drug-likeness (QED) is 0.677. The molecule has 0 atom stereocenters. The summed E-state index contributed by atoms with van der Waals surface area (Å²) in [4.78, 5) is 17.3. The van der Waals surface area contributed by atoms with E-state index >= 15 is 0 Å². The number of fused-ring (bicyclic) bond motifs is 1. The number of nitrogens with zero attached hydrogens (tertiary/aromatic N) is 1. The van der Waals surface area contributed by atoms with E-state index in [1.165, 1.54) is 12.3 Å². The van der Waals surface area contributed by atoms with Gasteiger partial charge in [0, 0.05) is 6.20 Å². The molecule has 0 aliphatic rings. The van der Waals surface area contributed by atoms with Crippen molar-refractivity contribution >= 4 is 29.4 Å². The molecule has 0 radical (unpaired) electrons. The summed E-state index contributed by atoms with van der Waals surface area (Å²) in [6.45, 7) is 0. The molecule has 0 saturated heterocycles. The number of nitrogens with one attached hydrogen (secondary N) is 1. The first kappa shape index (κ1) is 7.93. The maximum Gasteiger partial charge on any atom is 0.338 e. The maximum atomic E-state index is 10.7. The van der Waals surface area contributed by atoms with Crippen molar-refractivity contribution in [3.8, 4) is 0 Å². The number of rotatable bonds is 1. The van der Waals surface area contributed by atoms with Crippen molar-refractivity contribution in [3.05, 3.63) is 22.7 Å². The van der Waals surface area contributed by atoms with Gasteiger partial charge in [-0.05, 0) is 18.3 Å². The van der Waals surface area contributed by atoms with Crippen molar-refractivity contribution in [2.24, 2.45) is 0 Å². The third kappa shape index (κ3) is 1.20. The van der Waals surface area contributed by atoms with Crippen molar-refractivity contribution in [1.82, 2.24) is 9.97 Å². The summed E-state index contributed by atoms with van der Waals surface area (Å²) in [5.74, 6) is -1.04. The number of aromatic amines is 1. The Morgan fingerprint density at radius 1 is 1.69 bits per heavy atom. The van der Waals surface area contributed by atoms with Gasteiger partial charge in [-0.3, -0.25) is 0 Å². The minimum Gasteiger partial charge on any atom is -0.478 e. The molecule has 2 heterocycles. The highest BCUT2D eigenvalue weighted by molar-refractivity contribution is 7.71. The van der Waals surface area contributed by atoms with Gasteiger partial charge in [-0.1, -0.05) is 0 Å². The minimum absolute atomic E-state index is 0.102. The molecule has 0 aliphatic carbocycles. The van der Waals surface area contributed by atoms with Crippen molar-refractivity contribution in [2.75, 3.05) is 0 Å². The molecule has 0 unspecified atom stereocenters. The van der Waals surface area contributed by atoms with E-state index in [4.69, 9.17) is 21.7 Å². The summed E-state index contributed by atoms with van der Waals surface area (Å²) in [6.07, 6.45) is 1.36. The molecule has 0 fully saturated rings. The van der Waals surface area contributed by atoms with Crippen LogP contribution in [-0.4, -0.2) is 21.0 Å². The van der Waals surface area contributed by atoms with Crippen LogP contribution < -0.4 is 0 Å². The largest absolute Gasteiger partial charge is 0.478 e. The average Bonchev–Trinajstić information content (AvgIpc) is 2.43. The second kappa shape index (κ2) is 2.67. The fourth-order valence-corrected chi connectivity index (χ4v) is 1.22. The second-order valence-corrected chi connectivity index (χ2v) is 2.73. The molecule has 2 rings (SSSR count). The van der Waals surface area contributed by atoms with E-state index in [2.05, 4.69) is 9.97 Å². The number of aromatic carboxylic acids is 1. The normalized spacial score (nSPS) is 10.5. The number of aromatic nitrogens is 2. The maximum absolute atomic E-state index is 10.7. The summed E-state index contributed by atoms with van der Waals surface area (Å²) >= 11 is 4.70. The number of oxazole rings is 1. The van der Waals surface area contributed by atoms with Gasteiger partial charge in [-0.25, -0.2) is 9.78 Å². The van der Waals surface area contributed by atoms with Gasteiger partial charge in [0.2, 0.25) is 5.71 Å². The number of hydrogen-bond donors (Lipinski definition) is 2. The highest BCUT2D eigenvalue weighted by atomic mass is 32.1. The molecule has 2 aromatic heterocycles. The lowest BCUT2D eigenvalue weighted by Crippen LogP contribution is -1.97. The molecule has 0 aliphatic heterocycles. The third-order valence-corrected chi connectivity index (χ3v) is 1.75. The standard InChI is InChI=1S/C7H4N2O3S/c10-6(11)3-1-2-8-5-4(3)9-7(13)12-5/h1-2H,(H,9,13)(H,10,11). The summed E-state index contributed by atoms with van der Waals surface area (Å²) in [5.41, 5.74) is 0.634. The Kier molecular flexibility index (Phi) is 1.63. The molecule has 2 N–H and O–H groups in total. The molecule has 0 saturated carbocycles. The zero-order valence-corrected chi connectivity index (χ0v) is 7.09. The predicted octanol–water partition coefficient (Wildman–Crippen LogP) is 1.58. The molecule has 5 nitrogen and oxygen atoms in total. The van der Waals surface area contributed by atoms with E-state index < -0.39 is 5.97 Å². The van der Waals surface area contributed by atoms with E-state index in [1.54, 1.807) is 0 Å². The van der Waals surface area contributed by atoms with Crippen LogP contribution in [0.3, 0.4) is 0 Å². The number of H-pyrrole nitrogens is 1. The van der Waals surface area contributed by atoms with Crippen LogP contribution in [0.4, 0.5) is 0 Å². The van der Waals surface area contributed by atoms with Gasteiger partial charge in [0.1, 0.15) is 5.52 Å². The number of carbonyl (C=O) groups is 1. The first-order chi connectivity index (χ1) is 6.18. The Balaban J connectivity index is 2.90. The number of carboxylic acid groups (broad SMARTS) is 1. The van der Waals surface area contributed by atoms with Crippen molar-refractivity contribution in [1.29, 1.82) is 0 Å². The zero-order valence-electron chi connectivity index (χ0n) is 6.27. The fraction of sp³-hybridized carbons (Fsp3) is 0. The highest BCUT2D eigenvalue weighted by Gasteiger charge is 2.11. The van der Waals surface area contributed by atoms with Crippen molar-refractivity contribution in [2.45, 2.75) is 0 Å². The second-order valence-electron chi connectivity index (χ2n) is 2.36. The van der Waals surface area contributed by atoms with Gasteiger partial charge in [-0.2, -0.15) is 0 Å². The monoisotopic (exact) mass is 196 g/mol. The van der Waals surface area contributed by atoms with Crippen LogP contribution >= 0.6 is 12.2 Å². The summed E-state index contributed by atoms with van der Waals surface area (Å²) in [7, 11) is 0. The summed E-state index contributed by atoms with van der Waals surface area (Å²) in [6, 6.07) is 1.38. The smallest absolute Gasteiger partial charge is 0.338 e. The van der Waals surface area contributed by atoms with E-state index in [0.29, 0.717) is 5.52 Å². The van der Waals surface area contributed by atoms with Crippen molar-refractivity contribution < 1.29 is 14.3 Å². The first-order valence-electron chi connectivity index (χ1n) is 3.39. The SMILES string of the molecule is O=C(O)c1ccnc2oc(=S)[nH]c12. The Hall–Kier alpha value is -1.69. The van der Waals surface area contributed by atoms with Crippen LogP contribution in [0, 0.1) is 4.84 Å². The lowest BCUT2D eigenvalue weighted by molar-refractivity contribution is 0.0698. The Morgan fingerprint density at radius 3 is 3.15 bits per heavy atom. The lowest BCUT2D eigenvalue weighted by atomic mass is 10.2. The van der Waals surface area contributed by atoms with Gasteiger partial charge < -0.3 is 14.5 Å². The minimum atomic E-state index is -1.04. The van der Waals surface area contributed by atoms with Gasteiger partial charge in [0.05, 0.1) is 5.56 Å². The van der Waals surface area contributed by atoms with Gasteiger partial charge >= 0.3 is 5.97 Å². The van der Waals surface area contributed by atoms with Crippen LogP contribution in [0.2, 0.25) is 0 Å². The molecular formula is C7H4N2O3S.